The lowest BCUT2D eigenvalue weighted by molar-refractivity contribution is -0.141. The second kappa shape index (κ2) is 5.75. The number of hydrogen-bond donors (Lipinski definition) is 1. The lowest BCUT2D eigenvalue weighted by Crippen LogP contribution is -2.47. The van der Waals surface area contributed by atoms with E-state index in [-0.39, 0.29) is 24.6 Å². The van der Waals surface area contributed by atoms with E-state index in [1.54, 1.807) is 0 Å². The minimum Gasteiger partial charge on any atom is -0.494 e. The molecule has 0 saturated carbocycles. The summed E-state index contributed by atoms with van der Waals surface area (Å²) < 4.78 is 10.3. The van der Waals surface area contributed by atoms with Crippen LogP contribution in [0.3, 0.4) is 0 Å². The smallest absolute Gasteiger partial charge is 0.305 e. The van der Waals surface area contributed by atoms with Gasteiger partial charge >= 0.3 is 5.97 Å². The first-order chi connectivity index (χ1) is 8.32. The van der Waals surface area contributed by atoms with Crippen molar-refractivity contribution in [3.63, 3.8) is 0 Å². The number of aliphatic carboxylic acids is 1. The Bertz CT molecular complexity index is 356. The van der Waals surface area contributed by atoms with Crippen LogP contribution in [0.1, 0.15) is 27.2 Å². The molecule has 1 amide bonds. The Morgan fingerprint density at radius 2 is 2.06 bits per heavy atom. The molecule has 0 aromatic heterocycles. The molecule has 0 aromatic carbocycles. The van der Waals surface area contributed by atoms with Gasteiger partial charge in [0.05, 0.1) is 6.42 Å². The van der Waals surface area contributed by atoms with E-state index < -0.39 is 11.5 Å². The number of rotatable bonds is 4. The summed E-state index contributed by atoms with van der Waals surface area (Å²) >= 11 is 0. The molecule has 0 bridgehead atoms. The minimum absolute atomic E-state index is 0.100. The third-order valence-electron chi connectivity index (χ3n) is 2.46. The molecule has 18 heavy (non-hydrogen) atoms. The molecule has 1 N–H and O–H groups in total. The molecular weight excluding hydrogens is 238 g/mol. The van der Waals surface area contributed by atoms with E-state index in [0.29, 0.717) is 13.2 Å². The zero-order valence-electron chi connectivity index (χ0n) is 10.9. The van der Waals surface area contributed by atoms with E-state index in [9.17, 15) is 9.59 Å². The van der Waals surface area contributed by atoms with Gasteiger partial charge in [0, 0.05) is 12.1 Å². The van der Waals surface area contributed by atoms with Gasteiger partial charge in [0.15, 0.2) is 0 Å². The van der Waals surface area contributed by atoms with Crippen LogP contribution in [0.15, 0.2) is 12.0 Å². The molecule has 1 aliphatic heterocycles. The number of carbonyl (C=O) groups is 2. The van der Waals surface area contributed by atoms with Crippen molar-refractivity contribution in [1.29, 1.82) is 0 Å². The lowest BCUT2D eigenvalue weighted by atomic mass is 10.1. The van der Waals surface area contributed by atoms with Crippen molar-refractivity contribution in [1.82, 2.24) is 4.90 Å². The maximum atomic E-state index is 12.2. The number of nitrogens with zero attached hydrogens (tertiary/aromatic N) is 1. The first-order valence-corrected chi connectivity index (χ1v) is 5.80. The van der Waals surface area contributed by atoms with Crippen LogP contribution in [0.4, 0.5) is 0 Å². The molecule has 102 valence electrons. The Balaban J connectivity index is 2.78. The molecule has 1 heterocycles. The van der Waals surface area contributed by atoms with Crippen molar-refractivity contribution in [2.24, 2.45) is 0 Å². The summed E-state index contributed by atoms with van der Waals surface area (Å²) in [6.45, 7) is 6.42. The predicted molar refractivity (Wildman–Crippen MR) is 63.7 cm³/mol. The van der Waals surface area contributed by atoms with Gasteiger partial charge in [-0.05, 0) is 20.8 Å². The first-order valence-electron chi connectivity index (χ1n) is 5.80. The van der Waals surface area contributed by atoms with Crippen LogP contribution in [-0.4, -0.2) is 47.2 Å². The van der Waals surface area contributed by atoms with Gasteiger partial charge in [-0.25, -0.2) is 0 Å². The average molecular weight is 257 g/mol. The van der Waals surface area contributed by atoms with Crippen LogP contribution in [0.25, 0.3) is 0 Å². The quantitative estimate of drug-likeness (QED) is 0.812. The molecule has 0 spiro atoms. The summed E-state index contributed by atoms with van der Waals surface area (Å²) in [6.07, 6.45) is 1.18. The summed E-state index contributed by atoms with van der Waals surface area (Å²) in [5, 5.41) is 8.71. The summed E-state index contributed by atoms with van der Waals surface area (Å²) in [6, 6.07) is 0. The molecule has 6 heteroatoms. The maximum Gasteiger partial charge on any atom is 0.305 e. The topological polar surface area (TPSA) is 76.1 Å². The fourth-order valence-corrected chi connectivity index (χ4v) is 1.56. The number of carbonyl (C=O) groups excluding carboxylic acids is 1. The third kappa shape index (κ3) is 3.94. The molecular formula is C12H19NO5. The third-order valence-corrected chi connectivity index (χ3v) is 2.46. The van der Waals surface area contributed by atoms with Crippen LogP contribution >= 0.6 is 0 Å². The van der Waals surface area contributed by atoms with Crippen LogP contribution in [0.5, 0.6) is 0 Å². The number of ether oxygens (including phenoxy) is 2. The summed E-state index contributed by atoms with van der Waals surface area (Å²) in [5.41, 5.74) is -0.478. The SMILES string of the molecule is CC(C)(C)N(CCC(=O)O)C(=O)C1=COCCO1. The Kier molecular flexibility index (Phi) is 4.58. The van der Waals surface area contributed by atoms with Crippen molar-refractivity contribution < 1.29 is 24.2 Å². The molecule has 1 aliphatic rings. The summed E-state index contributed by atoms with van der Waals surface area (Å²) in [4.78, 5) is 24.3. The predicted octanol–water partition coefficient (Wildman–Crippen LogP) is 0.976. The second-order valence-corrected chi connectivity index (χ2v) is 4.97. The number of amides is 1. The first kappa shape index (κ1) is 14.3. The molecule has 0 aliphatic carbocycles. The van der Waals surface area contributed by atoms with E-state index in [1.807, 2.05) is 20.8 Å². The Hall–Kier alpha value is -1.72. The number of carboxylic acid groups (broad SMARTS) is 1. The van der Waals surface area contributed by atoms with Crippen LogP contribution in [0.2, 0.25) is 0 Å². The fraction of sp³-hybridized carbons (Fsp3) is 0.667. The van der Waals surface area contributed by atoms with E-state index in [0.717, 1.165) is 0 Å². The highest BCUT2D eigenvalue weighted by molar-refractivity contribution is 5.92. The molecule has 0 fully saturated rings. The average Bonchev–Trinajstić information content (AvgIpc) is 2.28. The highest BCUT2D eigenvalue weighted by atomic mass is 16.6. The highest BCUT2D eigenvalue weighted by Gasteiger charge is 2.30. The van der Waals surface area contributed by atoms with E-state index in [1.165, 1.54) is 11.2 Å². The van der Waals surface area contributed by atoms with Crippen molar-refractivity contribution in [3.05, 3.63) is 12.0 Å². The van der Waals surface area contributed by atoms with Gasteiger partial charge in [0.1, 0.15) is 19.5 Å². The largest absolute Gasteiger partial charge is 0.494 e. The van der Waals surface area contributed by atoms with E-state index >= 15 is 0 Å². The van der Waals surface area contributed by atoms with Gasteiger partial charge in [-0.1, -0.05) is 0 Å². The molecule has 0 atom stereocenters. The van der Waals surface area contributed by atoms with Gasteiger partial charge in [-0.15, -0.1) is 0 Å². The number of carboxylic acids is 1. The highest BCUT2D eigenvalue weighted by Crippen LogP contribution is 2.19. The van der Waals surface area contributed by atoms with Gasteiger partial charge in [0.25, 0.3) is 5.91 Å². The van der Waals surface area contributed by atoms with Crippen LogP contribution < -0.4 is 0 Å². The summed E-state index contributed by atoms with van der Waals surface area (Å²) in [7, 11) is 0. The summed E-state index contributed by atoms with van der Waals surface area (Å²) in [5.74, 6) is -1.16. The Morgan fingerprint density at radius 3 is 2.50 bits per heavy atom. The monoisotopic (exact) mass is 257 g/mol. The van der Waals surface area contributed by atoms with Crippen molar-refractivity contribution in [2.45, 2.75) is 32.7 Å². The molecule has 0 saturated heterocycles. The zero-order chi connectivity index (χ0) is 13.8. The van der Waals surface area contributed by atoms with Gasteiger partial charge in [0.2, 0.25) is 5.76 Å². The number of hydrogen-bond acceptors (Lipinski definition) is 4. The minimum atomic E-state index is -0.938. The molecule has 1 rings (SSSR count). The van der Waals surface area contributed by atoms with Gasteiger partial charge < -0.3 is 19.5 Å². The van der Waals surface area contributed by atoms with Crippen molar-refractivity contribution in [2.75, 3.05) is 19.8 Å². The molecule has 0 radical (unpaired) electrons. The molecule has 6 nitrogen and oxygen atoms in total. The lowest BCUT2D eigenvalue weighted by Gasteiger charge is -2.36. The second-order valence-electron chi connectivity index (χ2n) is 4.97. The zero-order valence-corrected chi connectivity index (χ0v) is 10.9. The van der Waals surface area contributed by atoms with E-state index in [4.69, 9.17) is 14.6 Å². The van der Waals surface area contributed by atoms with Crippen LogP contribution in [0, 0.1) is 0 Å². The fourth-order valence-electron chi connectivity index (χ4n) is 1.56. The maximum absolute atomic E-state index is 12.2. The Morgan fingerprint density at radius 1 is 1.39 bits per heavy atom. The molecule has 0 aromatic rings. The molecule has 0 unspecified atom stereocenters. The standard InChI is InChI=1S/C12H19NO5/c1-12(2,3)13(5-4-10(14)15)11(16)9-8-17-6-7-18-9/h8H,4-7H2,1-3H3,(H,14,15). The van der Waals surface area contributed by atoms with Crippen molar-refractivity contribution >= 4 is 11.9 Å². The normalized spacial score (nSPS) is 15.2. The van der Waals surface area contributed by atoms with Crippen molar-refractivity contribution in [3.8, 4) is 0 Å². The van der Waals surface area contributed by atoms with Crippen LogP contribution in [-0.2, 0) is 19.1 Å². The van der Waals surface area contributed by atoms with E-state index in [2.05, 4.69) is 0 Å². The Labute approximate surface area is 106 Å². The van der Waals surface area contributed by atoms with Gasteiger partial charge in [-0.2, -0.15) is 0 Å². The van der Waals surface area contributed by atoms with Gasteiger partial charge in [-0.3, -0.25) is 9.59 Å².